The van der Waals surface area contributed by atoms with Crippen LogP contribution >= 0.6 is 0 Å². The Morgan fingerprint density at radius 1 is 1.11 bits per heavy atom. The third-order valence-electron chi connectivity index (χ3n) is 6.94. The van der Waals surface area contributed by atoms with Gasteiger partial charge in [0.25, 0.3) is 5.91 Å². The monoisotopic (exact) mass is 520 g/mol. The van der Waals surface area contributed by atoms with Gasteiger partial charge in [-0.05, 0) is 62.6 Å². The summed E-state index contributed by atoms with van der Waals surface area (Å²) in [6.45, 7) is 0.484. The van der Waals surface area contributed by atoms with E-state index in [1.54, 1.807) is 38.1 Å². The van der Waals surface area contributed by atoms with Crippen LogP contribution in [0.4, 0.5) is 20.2 Å². The molecule has 1 N–H and O–H groups in total. The average molecular weight is 521 g/mol. The van der Waals surface area contributed by atoms with Crippen molar-refractivity contribution in [3.8, 4) is 5.75 Å². The summed E-state index contributed by atoms with van der Waals surface area (Å²) in [4.78, 5) is 28.1. The molecule has 4 rings (SSSR count). The molecule has 2 aliphatic rings. The zero-order valence-corrected chi connectivity index (χ0v) is 21.3. The number of nitrogens with one attached hydrogen (secondary N) is 1. The molecule has 2 aromatic carbocycles. The SMILES string of the molecule is CC1(C)C(=O)N(c2cccc(OC(F)F)c2)c2ccc(C(=O)NC3(CS(C)(=O)=O)CCCCC3)cc21. The number of carbonyl (C=O) groups is 2. The topological polar surface area (TPSA) is 92.8 Å². The number of benzene rings is 2. The van der Waals surface area contributed by atoms with Gasteiger partial charge in [-0.3, -0.25) is 14.5 Å². The number of hydrogen-bond acceptors (Lipinski definition) is 5. The van der Waals surface area contributed by atoms with Gasteiger partial charge in [0, 0.05) is 17.9 Å². The van der Waals surface area contributed by atoms with Crippen LogP contribution in [0.2, 0.25) is 0 Å². The molecule has 0 saturated heterocycles. The van der Waals surface area contributed by atoms with Gasteiger partial charge in [-0.25, -0.2) is 8.42 Å². The number of ether oxygens (including phenoxy) is 1. The minimum Gasteiger partial charge on any atom is -0.435 e. The molecule has 2 aromatic rings. The number of rotatable bonds is 7. The van der Waals surface area contributed by atoms with Crippen molar-refractivity contribution in [3.63, 3.8) is 0 Å². The highest BCUT2D eigenvalue weighted by Gasteiger charge is 2.45. The van der Waals surface area contributed by atoms with Crippen molar-refractivity contribution in [2.45, 2.75) is 63.5 Å². The van der Waals surface area contributed by atoms with E-state index in [2.05, 4.69) is 10.1 Å². The fourth-order valence-corrected chi connectivity index (χ4v) is 6.65. The van der Waals surface area contributed by atoms with Crippen molar-refractivity contribution in [2.75, 3.05) is 16.9 Å². The molecule has 1 aliphatic heterocycles. The maximum Gasteiger partial charge on any atom is 0.387 e. The lowest BCUT2D eigenvalue weighted by Crippen LogP contribution is -2.54. The molecule has 1 saturated carbocycles. The van der Waals surface area contributed by atoms with E-state index < -0.39 is 33.3 Å². The molecule has 7 nitrogen and oxygen atoms in total. The van der Waals surface area contributed by atoms with Gasteiger partial charge in [-0.15, -0.1) is 0 Å². The van der Waals surface area contributed by atoms with E-state index >= 15 is 0 Å². The van der Waals surface area contributed by atoms with Crippen molar-refractivity contribution in [3.05, 3.63) is 53.6 Å². The second kappa shape index (κ2) is 9.46. The third-order valence-corrected chi connectivity index (χ3v) is 8.02. The van der Waals surface area contributed by atoms with Crippen LogP contribution in [0.5, 0.6) is 5.75 Å². The van der Waals surface area contributed by atoms with Gasteiger partial charge in [0.2, 0.25) is 5.91 Å². The van der Waals surface area contributed by atoms with Crippen LogP contribution in [0.15, 0.2) is 42.5 Å². The number of amides is 2. The van der Waals surface area contributed by atoms with E-state index in [1.165, 1.54) is 29.4 Å². The first-order valence-corrected chi connectivity index (χ1v) is 13.9. The highest BCUT2D eigenvalue weighted by Crippen LogP contribution is 2.46. The Hall–Kier alpha value is -3.01. The Labute approximate surface area is 209 Å². The predicted octanol–water partition coefficient (Wildman–Crippen LogP) is 4.72. The second-order valence-electron chi connectivity index (χ2n) is 10.2. The molecule has 2 amide bonds. The minimum atomic E-state index is -3.32. The zero-order valence-electron chi connectivity index (χ0n) is 20.5. The first-order valence-electron chi connectivity index (χ1n) is 11.9. The molecule has 1 fully saturated rings. The normalized spacial score (nSPS) is 18.7. The van der Waals surface area contributed by atoms with Gasteiger partial charge in [0.05, 0.1) is 28.1 Å². The van der Waals surface area contributed by atoms with E-state index in [0.29, 0.717) is 35.3 Å². The highest BCUT2D eigenvalue weighted by molar-refractivity contribution is 7.90. The van der Waals surface area contributed by atoms with Crippen molar-refractivity contribution < 1.29 is 31.5 Å². The molecule has 0 aromatic heterocycles. The number of anilines is 2. The van der Waals surface area contributed by atoms with Crippen LogP contribution < -0.4 is 15.0 Å². The number of carbonyl (C=O) groups excluding carboxylic acids is 2. The first-order chi connectivity index (χ1) is 16.8. The number of nitrogens with zero attached hydrogens (tertiary/aromatic N) is 1. The summed E-state index contributed by atoms with van der Waals surface area (Å²) in [5.74, 6) is -0.852. The van der Waals surface area contributed by atoms with Crippen molar-refractivity contribution in [1.29, 1.82) is 0 Å². The zero-order chi connectivity index (χ0) is 26.3. The lowest BCUT2D eigenvalue weighted by molar-refractivity contribution is -0.121. The lowest BCUT2D eigenvalue weighted by Gasteiger charge is -2.37. The molecule has 1 aliphatic carbocycles. The average Bonchev–Trinajstić information content (AvgIpc) is 2.98. The van der Waals surface area contributed by atoms with E-state index in [9.17, 15) is 26.8 Å². The molecular weight excluding hydrogens is 490 g/mol. The van der Waals surface area contributed by atoms with E-state index in [0.717, 1.165) is 19.3 Å². The van der Waals surface area contributed by atoms with Crippen molar-refractivity contribution >= 4 is 33.0 Å². The lowest BCUT2D eigenvalue weighted by atomic mass is 9.82. The quantitative estimate of drug-likeness (QED) is 0.570. The Morgan fingerprint density at radius 3 is 2.44 bits per heavy atom. The van der Waals surface area contributed by atoms with Crippen LogP contribution in [-0.2, 0) is 20.0 Å². The molecule has 10 heteroatoms. The molecule has 0 unspecified atom stereocenters. The molecule has 0 atom stereocenters. The molecule has 194 valence electrons. The summed E-state index contributed by atoms with van der Waals surface area (Å²) in [5.41, 5.74) is 0.0480. The Morgan fingerprint density at radius 2 is 1.81 bits per heavy atom. The molecule has 1 heterocycles. The number of halogens is 2. The van der Waals surface area contributed by atoms with E-state index in [4.69, 9.17) is 0 Å². The van der Waals surface area contributed by atoms with Crippen molar-refractivity contribution in [2.24, 2.45) is 0 Å². The molecule has 0 spiro atoms. The van der Waals surface area contributed by atoms with Crippen LogP contribution in [0.3, 0.4) is 0 Å². The summed E-state index contributed by atoms with van der Waals surface area (Å²) in [5, 5.41) is 3.00. The Balaban J connectivity index is 1.67. The second-order valence-corrected chi connectivity index (χ2v) is 12.4. The van der Waals surface area contributed by atoms with E-state index in [-0.39, 0.29) is 17.4 Å². The van der Waals surface area contributed by atoms with Crippen LogP contribution in [-0.4, -0.2) is 44.4 Å². The van der Waals surface area contributed by atoms with Gasteiger partial charge >= 0.3 is 6.61 Å². The minimum absolute atomic E-state index is 0.0683. The number of fused-ring (bicyclic) bond motifs is 1. The summed E-state index contributed by atoms with van der Waals surface area (Å²) in [7, 11) is -3.32. The van der Waals surface area contributed by atoms with Gasteiger partial charge in [0.1, 0.15) is 15.6 Å². The largest absolute Gasteiger partial charge is 0.435 e. The highest BCUT2D eigenvalue weighted by atomic mass is 32.2. The summed E-state index contributed by atoms with van der Waals surface area (Å²) < 4.78 is 54.1. The van der Waals surface area contributed by atoms with Gasteiger partial charge in [-0.2, -0.15) is 8.78 Å². The van der Waals surface area contributed by atoms with Gasteiger partial charge in [-0.1, -0.05) is 25.3 Å². The molecular formula is C26H30F2N2O5S. The van der Waals surface area contributed by atoms with Crippen molar-refractivity contribution in [1.82, 2.24) is 5.32 Å². The Bertz CT molecular complexity index is 1290. The Kier molecular flexibility index (Phi) is 6.85. The maximum atomic E-state index is 13.4. The molecule has 0 bridgehead atoms. The predicted molar refractivity (Wildman–Crippen MR) is 133 cm³/mol. The summed E-state index contributed by atoms with van der Waals surface area (Å²) >= 11 is 0. The summed E-state index contributed by atoms with van der Waals surface area (Å²) in [6.07, 6.45) is 5.03. The molecule has 36 heavy (non-hydrogen) atoms. The standard InChI is InChI=1S/C26H30F2N2O5S/c1-25(2)20-14-17(22(31)29-26(16-36(3,33)34)12-5-4-6-13-26)10-11-21(20)30(23(25)32)18-8-7-9-19(15-18)35-24(27)28/h7-11,14-15,24H,4-6,12-13,16H2,1-3H3,(H,29,31). The fraction of sp³-hybridized carbons (Fsp3) is 0.462. The molecule has 0 radical (unpaired) electrons. The van der Waals surface area contributed by atoms with Crippen LogP contribution in [0.1, 0.15) is 61.9 Å². The number of hydrogen-bond donors (Lipinski definition) is 1. The van der Waals surface area contributed by atoms with E-state index in [1.807, 2.05) is 0 Å². The van der Waals surface area contributed by atoms with Gasteiger partial charge in [0.15, 0.2) is 0 Å². The third kappa shape index (κ3) is 5.23. The number of alkyl halides is 2. The first kappa shape index (κ1) is 26.1. The van der Waals surface area contributed by atoms with Gasteiger partial charge < -0.3 is 10.1 Å². The smallest absolute Gasteiger partial charge is 0.387 e. The maximum absolute atomic E-state index is 13.4. The van der Waals surface area contributed by atoms with Crippen LogP contribution in [0, 0.1) is 0 Å². The fourth-order valence-electron chi connectivity index (χ4n) is 5.28. The summed E-state index contributed by atoms with van der Waals surface area (Å²) in [6, 6.07) is 10.8. The number of sulfone groups is 1. The van der Waals surface area contributed by atoms with Crippen LogP contribution in [0.25, 0.3) is 0 Å².